The quantitative estimate of drug-likeness (QED) is 0.520. The Balaban J connectivity index is 2.96. The second kappa shape index (κ2) is 3.85. The molecule has 1 N–H and O–H groups in total. The first-order chi connectivity index (χ1) is 6.19. The molecule has 1 aromatic heterocycles. The van der Waals surface area contributed by atoms with Gasteiger partial charge < -0.3 is 20.0 Å². The molecule has 7 nitrogen and oxygen atoms in total. The van der Waals surface area contributed by atoms with Crippen LogP contribution >= 0.6 is 0 Å². The summed E-state index contributed by atoms with van der Waals surface area (Å²) in [6, 6.07) is 0.126. The summed E-state index contributed by atoms with van der Waals surface area (Å²) >= 11 is 0. The number of imidazole rings is 1. The standard InChI is InChI=1S/C6H9N3O4/c1-13-6-7-5(9(11)12)4-8(6)2-3-10/h4,10H,2-3H2,1H3. The lowest BCUT2D eigenvalue weighted by Crippen LogP contribution is -2.03. The van der Waals surface area contributed by atoms with Crippen LogP contribution in [0, 0.1) is 10.1 Å². The molecule has 1 heterocycles. The molecule has 0 atom stereocenters. The Morgan fingerprint density at radius 2 is 2.54 bits per heavy atom. The highest BCUT2D eigenvalue weighted by Gasteiger charge is 2.18. The van der Waals surface area contributed by atoms with Gasteiger partial charge in [0, 0.05) is 4.98 Å². The number of rotatable bonds is 4. The molecule has 72 valence electrons. The third-order valence-corrected chi connectivity index (χ3v) is 1.44. The summed E-state index contributed by atoms with van der Waals surface area (Å²) in [5.74, 6) is -0.287. The maximum absolute atomic E-state index is 10.3. The Bertz CT molecular complexity index is 309. The van der Waals surface area contributed by atoms with E-state index >= 15 is 0 Å². The first-order valence-corrected chi connectivity index (χ1v) is 3.55. The van der Waals surface area contributed by atoms with Gasteiger partial charge in [-0.15, -0.1) is 0 Å². The Morgan fingerprint density at radius 3 is 3.00 bits per heavy atom. The number of nitrogens with zero attached hydrogens (tertiary/aromatic N) is 3. The summed E-state index contributed by atoms with van der Waals surface area (Å²) in [4.78, 5) is 13.3. The van der Waals surface area contributed by atoms with Crippen LogP contribution < -0.4 is 4.74 Å². The summed E-state index contributed by atoms with van der Waals surface area (Å²) < 4.78 is 6.14. The second-order valence-corrected chi connectivity index (χ2v) is 2.26. The highest BCUT2D eigenvalue weighted by Crippen LogP contribution is 2.16. The van der Waals surface area contributed by atoms with Crippen LogP contribution in [0.4, 0.5) is 5.82 Å². The normalized spacial score (nSPS) is 10.0. The number of aliphatic hydroxyl groups excluding tert-OH is 1. The van der Waals surface area contributed by atoms with E-state index in [0.29, 0.717) is 0 Å². The average Bonchev–Trinajstić information content (AvgIpc) is 2.48. The van der Waals surface area contributed by atoms with Gasteiger partial charge in [-0.2, -0.15) is 0 Å². The van der Waals surface area contributed by atoms with Crippen LogP contribution in [0.15, 0.2) is 6.20 Å². The minimum Gasteiger partial charge on any atom is -0.449 e. The molecule has 1 rings (SSSR count). The van der Waals surface area contributed by atoms with Crippen molar-refractivity contribution in [2.24, 2.45) is 0 Å². The Kier molecular flexibility index (Phi) is 2.80. The first-order valence-electron chi connectivity index (χ1n) is 3.55. The number of methoxy groups -OCH3 is 1. The summed E-state index contributed by atoms with van der Waals surface area (Å²) in [7, 11) is 1.36. The third kappa shape index (κ3) is 1.94. The van der Waals surface area contributed by atoms with Gasteiger partial charge >= 0.3 is 11.8 Å². The van der Waals surface area contributed by atoms with E-state index in [2.05, 4.69) is 4.98 Å². The van der Waals surface area contributed by atoms with Crippen LogP contribution in [0.1, 0.15) is 0 Å². The Hall–Kier alpha value is -1.63. The summed E-state index contributed by atoms with van der Waals surface area (Å²) in [5.41, 5.74) is 0. The van der Waals surface area contributed by atoms with Gasteiger partial charge in [-0.25, -0.2) is 0 Å². The zero-order valence-corrected chi connectivity index (χ0v) is 7.01. The average molecular weight is 187 g/mol. The molecule has 0 aliphatic carbocycles. The van der Waals surface area contributed by atoms with Gasteiger partial charge in [0.1, 0.15) is 6.20 Å². The summed E-state index contributed by atoms with van der Waals surface area (Å²) in [6.45, 7) is 0.105. The molecule has 0 amide bonds. The van der Waals surface area contributed by atoms with E-state index in [9.17, 15) is 10.1 Å². The molecule has 0 aliphatic heterocycles. The van der Waals surface area contributed by atoms with Gasteiger partial charge in [0.25, 0.3) is 0 Å². The van der Waals surface area contributed by atoms with Crippen molar-refractivity contribution in [3.63, 3.8) is 0 Å². The summed E-state index contributed by atoms with van der Waals surface area (Å²) in [5, 5.41) is 18.9. The molecule has 0 aliphatic rings. The molecule has 13 heavy (non-hydrogen) atoms. The fourth-order valence-electron chi connectivity index (χ4n) is 0.904. The zero-order chi connectivity index (χ0) is 9.84. The van der Waals surface area contributed by atoms with E-state index in [1.165, 1.54) is 17.9 Å². The highest BCUT2D eigenvalue weighted by atomic mass is 16.6. The van der Waals surface area contributed by atoms with E-state index in [0.717, 1.165) is 0 Å². The maximum Gasteiger partial charge on any atom is 0.414 e. The summed E-state index contributed by atoms with van der Waals surface area (Å²) in [6.07, 6.45) is 1.22. The molecule has 0 bridgehead atoms. The number of hydrogen-bond donors (Lipinski definition) is 1. The lowest BCUT2D eigenvalue weighted by atomic mass is 10.6. The molecule has 0 spiro atoms. The van der Waals surface area contributed by atoms with Crippen molar-refractivity contribution in [1.82, 2.24) is 9.55 Å². The molecule has 0 aromatic carbocycles. The fourth-order valence-corrected chi connectivity index (χ4v) is 0.904. The number of aliphatic hydroxyl groups is 1. The SMILES string of the molecule is COc1nc([N+](=O)[O-])cn1CCO. The molecule has 7 heteroatoms. The van der Waals surface area contributed by atoms with Crippen molar-refractivity contribution in [2.45, 2.75) is 6.54 Å². The van der Waals surface area contributed by atoms with Crippen molar-refractivity contribution in [1.29, 1.82) is 0 Å². The number of aromatic nitrogens is 2. The lowest BCUT2D eigenvalue weighted by Gasteiger charge is -1.97. The van der Waals surface area contributed by atoms with Crippen molar-refractivity contribution in [3.05, 3.63) is 16.3 Å². The van der Waals surface area contributed by atoms with E-state index in [4.69, 9.17) is 9.84 Å². The molecular weight excluding hydrogens is 178 g/mol. The maximum atomic E-state index is 10.3. The first kappa shape index (κ1) is 9.46. The largest absolute Gasteiger partial charge is 0.449 e. The fraction of sp³-hybridized carbons (Fsp3) is 0.500. The minimum atomic E-state index is -0.615. The van der Waals surface area contributed by atoms with Crippen LogP contribution in [0.2, 0.25) is 0 Å². The van der Waals surface area contributed by atoms with E-state index in [1.54, 1.807) is 0 Å². The number of nitro groups is 1. The number of ether oxygens (including phenoxy) is 1. The van der Waals surface area contributed by atoms with Gasteiger partial charge in [0.15, 0.2) is 0 Å². The van der Waals surface area contributed by atoms with Gasteiger partial charge in [-0.05, 0) is 4.92 Å². The lowest BCUT2D eigenvalue weighted by molar-refractivity contribution is -0.389. The monoisotopic (exact) mass is 187 g/mol. The highest BCUT2D eigenvalue weighted by molar-refractivity contribution is 5.20. The molecule has 0 saturated heterocycles. The van der Waals surface area contributed by atoms with Crippen LogP contribution in [0.25, 0.3) is 0 Å². The van der Waals surface area contributed by atoms with Gasteiger partial charge in [-0.3, -0.25) is 4.57 Å². The van der Waals surface area contributed by atoms with Gasteiger partial charge in [-0.1, -0.05) is 0 Å². The topological polar surface area (TPSA) is 90.4 Å². The van der Waals surface area contributed by atoms with Gasteiger partial charge in [0.05, 0.1) is 20.3 Å². The van der Waals surface area contributed by atoms with Crippen molar-refractivity contribution in [2.75, 3.05) is 13.7 Å². The predicted molar refractivity (Wildman–Crippen MR) is 42.5 cm³/mol. The van der Waals surface area contributed by atoms with Crippen LogP contribution in [-0.4, -0.2) is 33.3 Å². The molecular formula is C6H9N3O4. The van der Waals surface area contributed by atoms with E-state index in [1.807, 2.05) is 0 Å². The van der Waals surface area contributed by atoms with Crippen LogP contribution in [0.3, 0.4) is 0 Å². The predicted octanol–water partition coefficient (Wildman–Crippen LogP) is -0.208. The molecule has 0 saturated carbocycles. The second-order valence-electron chi connectivity index (χ2n) is 2.26. The minimum absolute atomic E-state index is 0.121. The van der Waals surface area contributed by atoms with Gasteiger partial charge in [0.2, 0.25) is 0 Å². The third-order valence-electron chi connectivity index (χ3n) is 1.44. The Labute approximate surface area is 73.7 Å². The molecule has 0 fully saturated rings. The zero-order valence-electron chi connectivity index (χ0n) is 7.01. The van der Waals surface area contributed by atoms with Crippen molar-refractivity contribution in [3.8, 4) is 6.01 Å². The van der Waals surface area contributed by atoms with Crippen LogP contribution in [0.5, 0.6) is 6.01 Å². The Morgan fingerprint density at radius 1 is 1.85 bits per heavy atom. The van der Waals surface area contributed by atoms with E-state index in [-0.39, 0.29) is 25.0 Å². The number of hydrogen-bond acceptors (Lipinski definition) is 5. The van der Waals surface area contributed by atoms with Crippen molar-refractivity contribution >= 4 is 5.82 Å². The smallest absolute Gasteiger partial charge is 0.414 e. The molecule has 0 unspecified atom stereocenters. The van der Waals surface area contributed by atoms with Crippen LogP contribution in [-0.2, 0) is 6.54 Å². The van der Waals surface area contributed by atoms with Crippen molar-refractivity contribution < 1.29 is 14.8 Å². The molecule has 0 radical (unpaired) electrons. The van der Waals surface area contributed by atoms with E-state index < -0.39 is 4.92 Å². The molecule has 1 aromatic rings.